The summed E-state index contributed by atoms with van der Waals surface area (Å²) >= 11 is 0. The minimum Gasteiger partial charge on any atom is -0.494 e. The lowest BCUT2D eigenvalue weighted by molar-refractivity contribution is -0.119. The van der Waals surface area contributed by atoms with Crippen molar-refractivity contribution in [2.45, 2.75) is 19.8 Å². The Bertz CT molecular complexity index is 458. The second kappa shape index (κ2) is 5.49. The maximum absolute atomic E-state index is 11.5. The first kappa shape index (κ1) is 12.4. The van der Waals surface area contributed by atoms with Gasteiger partial charge in [-0.1, -0.05) is 13.3 Å². The van der Waals surface area contributed by atoms with E-state index in [0.717, 1.165) is 23.5 Å². The van der Waals surface area contributed by atoms with Crippen LogP contribution >= 0.6 is 0 Å². The van der Waals surface area contributed by atoms with Crippen LogP contribution in [0.25, 0.3) is 0 Å². The first-order chi connectivity index (χ1) is 8.72. The quantitative estimate of drug-likeness (QED) is 0.590. The molecule has 1 aliphatic rings. The molecule has 0 aliphatic carbocycles. The number of nitrogens with zero attached hydrogens (tertiary/aromatic N) is 1. The molecule has 0 radical (unpaired) electrons. The minimum atomic E-state index is -0.306. The van der Waals surface area contributed by atoms with Gasteiger partial charge >= 0.3 is 0 Å². The van der Waals surface area contributed by atoms with Crippen molar-refractivity contribution < 1.29 is 14.3 Å². The first-order valence-electron chi connectivity index (χ1n) is 6.01. The van der Waals surface area contributed by atoms with Crippen molar-refractivity contribution in [1.82, 2.24) is 0 Å². The summed E-state index contributed by atoms with van der Waals surface area (Å²) in [6, 6.07) is 6.96. The van der Waals surface area contributed by atoms with Gasteiger partial charge in [0.2, 0.25) is 0 Å². The summed E-state index contributed by atoms with van der Waals surface area (Å²) in [5.74, 6) is 0.138. The van der Waals surface area contributed by atoms with E-state index in [4.69, 9.17) is 4.74 Å². The summed E-state index contributed by atoms with van der Waals surface area (Å²) < 4.78 is 5.51. The number of hydrogen-bond acceptors (Lipinski definition) is 3. The summed E-state index contributed by atoms with van der Waals surface area (Å²) in [6.07, 6.45) is 4.64. The molecule has 4 nitrogen and oxygen atoms in total. The van der Waals surface area contributed by atoms with Gasteiger partial charge in [-0.25, -0.2) is 4.90 Å². The minimum absolute atomic E-state index is 0.306. The maximum Gasteiger partial charge on any atom is 0.258 e. The molecule has 0 saturated heterocycles. The third-order valence-electron chi connectivity index (χ3n) is 2.67. The first-order valence-corrected chi connectivity index (χ1v) is 6.01. The molecule has 2 rings (SSSR count). The van der Waals surface area contributed by atoms with E-state index in [1.165, 1.54) is 12.2 Å². The lowest BCUT2D eigenvalue weighted by Crippen LogP contribution is -2.29. The molecule has 0 N–H and O–H groups in total. The molecule has 1 aromatic rings. The predicted octanol–water partition coefficient (Wildman–Crippen LogP) is 2.29. The van der Waals surface area contributed by atoms with E-state index in [9.17, 15) is 9.59 Å². The van der Waals surface area contributed by atoms with Gasteiger partial charge in [0, 0.05) is 12.2 Å². The van der Waals surface area contributed by atoms with Crippen molar-refractivity contribution in [3.05, 3.63) is 36.4 Å². The van der Waals surface area contributed by atoms with Gasteiger partial charge in [0.25, 0.3) is 11.8 Å². The monoisotopic (exact) mass is 245 g/mol. The van der Waals surface area contributed by atoms with Crippen molar-refractivity contribution in [1.29, 1.82) is 0 Å². The molecule has 0 saturated carbocycles. The van der Waals surface area contributed by atoms with Crippen molar-refractivity contribution in [3.63, 3.8) is 0 Å². The highest BCUT2D eigenvalue weighted by Crippen LogP contribution is 2.22. The Balaban J connectivity index is 2.04. The third kappa shape index (κ3) is 2.59. The van der Waals surface area contributed by atoms with Crippen LogP contribution in [-0.4, -0.2) is 18.4 Å². The summed E-state index contributed by atoms with van der Waals surface area (Å²) in [6.45, 7) is 2.78. The van der Waals surface area contributed by atoms with Crippen LogP contribution in [0, 0.1) is 0 Å². The zero-order valence-electron chi connectivity index (χ0n) is 10.3. The standard InChI is InChI=1S/C14H15NO3/c1-2-3-10-18-12-6-4-11(5-7-12)15-13(16)8-9-14(15)17/h4-9H,2-3,10H2,1H3. The van der Waals surface area contributed by atoms with Crippen LogP contribution in [0.3, 0.4) is 0 Å². The Morgan fingerprint density at radius 2 is 1.67 bits per heavy atom. The normalized spacial score (nSPS) is 14.4. The Morgan fingerprint density at radius 3 is 2.22 bits per heavy atom. The SMILES string of the molecule is CCCCOc1ccc(N2C(=O)C=CC2=O)cc1. The van der Waals surface area contributed by atoms with Gasteiger partial charge in [0.05, 0.1) is 12.3 Å². The van der Waals surface area contributed by atoms with E-state index in [1.807, 2.05) is 0 Å². The number of carbonyl (C=O) groups is 2. The number of hydrogen-bond donors (Lipinski definition) is 0. The van der Waals surface area contributed by atoms with E-state index >= 15 is 0 Å². The molecule has 1 aliphatic heterocycles. The highest BCUT2D eigenvalue weighted by Gasteiger charge is 2.24. The fraction of sp³-hybridized carbons (Fsp3) is 0.286. The molecule has 0 bridgehead atoms. The zero-order chi connectivity index (χ0) is 13.0. The number of unbranched alkanes of at least 4 members (excludes halogenated alkanes) is 1. The smallest absolute Gasteiger partial charge is 0.258 e. The van der Waals surface area contributed by atoms with Gasteiger partial charge in [-0.15, -0.1) is 0 Å². The van der Waals surface area contributed by atoms with Crippen LogP contribution in [0.15, 0.2) is 36.4 Å². The van der Waals surface area contributed by atoms with Crippen molar-refractivity contribution >= 4 is 17.5 Å². The molecule has 0 atom stereocenters. The average molecular weight is 245 g/mol. The van der Waals surface area contributed by atoms with Crippen LogP contribution in [0.2, 0.25) is 0 Å². The van der Waals surface area contributed by atoms with Gasteiger partial charge in [0.1, 0.15) is 5.75 Å². The van der Waals surface area contributed by atoms with Crippen molar-refractivity contribution in [2.24, 2.45) is 0 Å². The highest BCUT2D eigenvalue weighted by atomic mass is 16.5. The molecule has 1 heterocycles. The van der Waals surface area contributed by atoms with Gasteiger partial charge in [-0.3, -0.25) is 9.59 Å². The number of imide groups is 1. The number of amides is 2. The van der Waals surface area contributed by atoms with Gasteiger partial charge in [0.15, 0.2) is 0 Å². The van der Waals surface area contributed by atoms with E-state index < -0.39 is 0 Å². The molecule has 0 spiro atoms. The Labute approximate surface area is 106 Å². The van der Waals surface area contributed by atoms with Crippen molar-refractivity contribution in [3.8, 4) is 5.75 Å². The summed E-state index contributed by atoms with van der Waals surface area (Å²) in [7, 11) is 0. The van der Waals surface area contributed by atoms with Crippen LogP contribution in [0.5, 0.6) is 5.75 Å². The molecule has 1 aromatic carbocycles. The lowest BCUT2D eigenvalue weighted by atomic mass is 10.2. The number of benzene rings is 1. The zero-order valence-corrected chi connectivity index (χ0v) is 10.3. The van der Waals surface area contributed by atoms with Crippen molar-refractivity contribution in [2.75, 3.05) is 11.5 Å². The molecule has 4 heteroatoms. The van der Waals surface area contributed by atoms with Gasteiger partial charge in [-0.2, -0.15) is 0 Å². The molecule has 94 valence electrons. The summed E-state index contributed by atoms with van der Waals surface area (Å²) in [5, 5.41) is 0. The van der Waals surface area contributed by atoms with Crippen LogP contribution < -0.4 is 9.64 Å². The number of rotatable bonds is 5. The second-order valence-corrected chi connectivity index (χ2v) is 4.04. The maximum atomic E-state index is 11.5. The third-order valence-corrected chi connectivity index (χ3v) is 2.67. The summed E-state index contributed by atoms with van der Waals surface area (Å²) in [5.41, 5.74) is 0.567. The molecule has 0 unspecified atom stereocenters. The molecule has 0 fully saturated rings. The Kier molecular flexibility index (Phi) is 3.77. The Morgan fingerprint density at radius 1 is 1.06 bits per heavy atom. The van der Waals surface area contributed by atoms with Gasteiger partial charge in [-0.05, 0) is 30.7 Å². The number of carbonyl (C=O) groups excluding carboxylic acids is 2. The Hall–Kier alpha value is -2.10. The second-order valence-electron chi connectivity index (χ2n) is 4.04. The lowest BCUT2D eigenvalue weighted by Gasteiger charge is -2.14. The summed E-state index contributed by atoms with van der Waals surface area (Å²) in [4.78, 5) is 24.1. The predicted molar refractivity (Wildman–Crippen MR) is 68.5 cm³/mol. The molecular weight excluding hydrogens is 230 g/mol. The largest absolute Gasteiger partial charge is 0.494 e. The van der Waals surface area contributed by atoms with E-state index in [2.05, 4.69) is 6.92 Å². The van der Waals surface area contributed by atoms with E-state index in [-0.39, 0.29) is 11.8 Å². The van der Waals surface area contributed by atoms with Crippen LogP contribution in [0.1, 0.15) is 19.8 Å². The fourth-order valence-corrected chi connectivity index (χ4v) is 1.68. The number of anilines is 1. The molecule has 0 aromatic heterocycles. The van der Waals surface area contributed by atoms with Crippen LogP contribution in [0.4, 0.5) is 5.69 Å². The molecule has 2 amide bonds. The highest BCUT2D eigenvalue weighted by molar-refractivity contribution is 6.28. The molecule has 18 heavy (non-hydrogen) atoms. The molecular formula is C14H15NO3. The van der Waals surface area contributed by atoms with E-state index in [0.29, 0.717) is 12.3 Å². The fourth-order valence-electron chi connectivity index (χ4n) is 1.68. The van der Waals surface area contributed by atoms with Crippen LogP contribution in [-0.2, 0) is 9.59 Å². The van der Waals surface area contributed by atoms with Gasteiger partial charge < -0.3 is 4.74 Å². The van der Waals surface area contributed by atoms with E-state index in [1.54, 1.807) is 24.3 Å². The topological polar surface area (TPSA) is 46.6 Å². The average Bonchev–Trinajstić information content (AvgIpc) is 2.71. The number of ether oxygens (including phenoxy) is 1.